The van der Waals surface area contributed by atoms with Gasteiger partial charge in [0.15, 0.2) is 6.29 Å². The van der Waals surface area contributed by atoms with Crippen molar-refractivity contribution in [3.05, 3.63) is 51.5 Å². The molecule has 0 radical (unpaired) electrons. The molecule has 15 heavy (non-hydrogen) atoms. The number of carbonyl (C=O) groups is 1. The Kier molecular flexibility index (Phi) is 2.92. The molecule has 0 unspecified atom stereocenters. The van der Waals surface area contributed by atoms with Gasteiger partial charge in [0.05, 0.1) is 5.01 Å². The molecule has 0 saturated heterocycles. The third-order valence-electron chi connectivity index (χ3n) is 2.17. The van der Waals surface area contributed by atoms with Crippen LogP contribution in [-0.4, -0.2) is 11.3 Å². The van der Waals surface area contributed by atoms with Crippen molar-refractivity contribution in [1.82, 2.24) is 4.98 Å². The van der Waals surface area contributed by atoms with Crippen LogP contribution in [0.15, 0.2) is 29.6 Å². The summed E-state index contributed by atoms with van der Waals surface area (Å²) in [4.78, 5) is 14.7. The summed E-state index contributed by atoms with van der Waals surface area (Å²) in [5.74, 6) is 0. The van der Waals surface area contributed by atoms with Gasteiger partial charge in [0.2, 0.25) is 0 Å². The van der Waals surface area contributed by atoms with Crippen molar-refractivity contribution in [2.75, 3.05) is 0 Å². The summed E-state index contributed by atoms with van der Waals surface area (Å²) >= 11 is 1.53. The first-order chi connectivity index (χ1) is 7.28. The summed E-state index contributed by atoms with van der Waals surface area (Å²) in [6.45, 7) is 2.07. The smallest absolute Gasteiger partial charge is 0.169 e. The number of aryl methyl sites for hydroxylation is 1. The number of hydrogen-bond acceptors (Lipinski definition) is 3. The average Bonchev–Trinajstić information content (AvgIpc) is 2.69. The summed E-state index contributed by atoms with van der Waals surface area (Å²) in [5, 5.41) is 2.78. The molecule has 0 amide bonds. The van der Waals surface area contributed by atoms with Gasteiger partial charge in [-0.2, -0.15) is 0 Å². The van der Waals surface area contributed by atoms with Crippen LogP contribution in [0.25, 0.3) is 0 Å². The Morgan fingerprint density at radius 1 is 1.33 bits per heavy atom. The molecule has 0 fully saturated rings. The second-order valence-electron chi connectivity index (χ2n) is 3.45. The standard InChI is InChI=1S/C12H11NOS/c1-9-2-4-10(5-3-9)6-12-13-11(7-14)8-15-12/h2-5,7-8H,6H2,1H3. The Bertz CT molecular complexity index is 459. The predicted molar refractivity (Wildman–Crippen MR) is 61.5 cm³/mol. The lowest BCUT2D eigenvalue weighted by Gasteiger charge is -1.98. The Balaban J connectivity index is 2.14. The Morgan fingerprint density at radius 2 is 2.07 bits per heavy atom. The van der Waals surface area contributed by atoms with Crippen LogP contribution in [0.4, 0.5) is 0 Å². The molecule has 1 aromatic heterocycles. The number of hydrogen-bond donors (Lipinski definition) is 0. The molecule has 3 heteroatoms. The molecule has 0 aliphatic heterocycles. The molecule has 0 aliphatic rings. The van der Waals surface area contributed by atoms with Crippen LogP contribution in [0, 0.1) is 6.92 Å². The number of rotatable bonds is 3. The highest BCUT2D eigenvalue weighted by Gasteiger charge is 2.01. The first kappa shape index (κ1) is 10.1. The van der Waals surface area contributed by atoms with E-state index >= 15 is 0 Å². The van der Waals surface area contributed by atoms with Crippen LogP contribution in [0.5, 0.6) is 0 Å². The van der Waals surface area contributed by atoms with Crippen molar-refractivity contribution >= 4 is 17.6 Å². The highest BCUT2D eigenvalue weighted by molar-refractivity contribution is 7.09. The lowest BCUT2D eigenvalue weighted by Crippen LogP contribution is -1.88. The zero-order valence-electron chi connectivity index (χ0n) is 8.43. The van der Waals surface area contributed by atoms with Crippen LogP contribution in [0.3, 0.4) is 0 Å². The van der Waals surface area contributed by atoms with Gasteiger partial charge in [-0.25, -0.2) is 4.98 Å². The van der Waals surface area contributed by atoms with Crippen molar-refractivity contribution in [3.8, 4) is 0 Å². The monoisotopic (exact) mass is 217 g/mol. The second kappa shape index (κ2) is 4.36. The van der Waals surface area contributed by atoms with Gasteiger partial charge in [-0.15, -0.1) is 11.3 Å². The summed E-state index contributed by atoms with van der Waals surface area (Å²) < 4.78 is 0. The van der Waals surface area contributed by atoms with Gasteiger partial charge in [-0.05, 0) is 12.5 Å². The number of thiazole rings is 1. The molecule has 2 rings (SSSR count). The summed E-state index contributed by atoms with van der Waals surface area (Å²) in [7, 11) is 0. The number of nitrogens with zero attached hydrogens (tertiary/aromatic N) is 1. The van der Waals surface area contributed by atoms with Gasteiger partial charge in [0.25, 0.3) is 0 Å². The fourth-order valence-electron chi connectivity index (χ4n) is 1.34. The van der Waals surface area contributed by atoms with Crippen molar-refractivity contribution < 1.29 is 4.79 Å². The van der Waals surface area contributed by atoms with Crippen molar-refractivity contribution in [1.29, 1.82) is 0 Å². The number of benzene rings is 1. The van der Waals surface area contributed by atoms with Gasteiger partial charge >= 0.3 is 0 Å². The number of carbonyl (C=O) groups excluding carboxylic acids is 1. The van der Waals surface area contributed by atoms with E-state index < -0.39 is 0 Å². The molecular weight excluding hydrogens is 206 g/mol. The van der Waals surface area contributed by atoms with Crippen LogP contribution < -0.4 is 0 Å². The Hall–Kier alpha value is -1.48. The molecule has 0 atom stereocenters. The van der Waals surface area contributed by atoms with Gasteiger partial charge in [-0.3, -0.25) is 4.79 Å². The summed E-state index contributed by atoms with van der Waals surface area (Å²) in [6, 6.07) is 8.36. The van der Waals surface area contributed by atoms with Crippen LogP contribution >= 0.6 is 11.3 Å². The van der Waals surface area contributed by atoms with Crippen LogP contribution in [-0.2, 0) is 6.42 Å². The molecule has 1 heterocycles. The van der Waals surface area contributed by atoms with Crippen molar-refractivity contribution in [2.24, 2.45) is 0 Å². The third kappa shape index (κ3) is 2.50. The van der Waals surface area contributed by atoms with Gasteiger partial charge in [0.1, 0.15) is 5.69 Å². The van der Waals surface area contributed by atoms with Gasteiger partial charge in [-0.1, -0.05) is 29.8 Å². The van der Waals surface area contributed by atoms with E-state index in [9.17, 15) is 4.79 Å². The lowest BCUT2D eigenvalue weighted by molar-refractivity contribution is 0.111. The minimum Gasteiger partial charge on any atom is -0.296 e. The summed E-state index contributed by atoms with van der Waals surface area (Å²) in [6.07, 6.45) is 1.59. The fraction of sp³-hybridized carbons (Fsp3) is 0.167. The maximum atomic E-state index is 10.5. The normalized spacial score (nSPS) is 10.2. The first-order valence-electron chi connectivity index (χ1n) is 4.73. The van der Waals surface area contributed by atoms with Crippen molar-refractivity contribution in [2.45, 2.75) is 13.3 Å². The first-order valence-corrected chi connectivity index (χ1v) is 5.61. The van der Waals surface area contributed by atoms with Crippen LogP contribution in [0.2, 0.25) is 0 Å². The molecular formula is C12H11NOS. The lowest BCUT2D eigenvalue weighted by atomic mass is 10.1. The highest BCUT2D eigenvalue weighted by Crippen LogP contribution is 2.14. The largest absolute Gasteiger partial charge is 0.296 e. The molecule has 2 nitrogen and oxygen atoms in total. The average molecular weight is 217 g/mol. The molecule has 0 spiro atoms. The SMILES string of the molecule is Cc1ccc(Cc2nc(C=O)cs2)cc1. The van der Waals surface area contributed by atoms with Crippen molar-refractivity contribution in [3.63, 3.8) is 0 Å². The topological polar surface area (TPSA) is 30.0 Å². The van der Waals surface area contributed by atoms with Crippen LogP contribution in [0.1, 0.15) is 26.6 Å². The molecule has 0 N–H and O–H groups in total. The summed E-state index contributed by atoms with van der Waals surface area (Å²) in [5.41, 5.74) is 3.01. The minimum atomic E-state index is 0.530. The van der Waals surface area contributed by atoms with E-state index in [1.807, 2.05) is 0 Å². The molecule has 0 aliphatic carbocycles. The molecule has 76 valence electrons. The van der Waals surface area contributed by atoms with Gasteiger partial charge in [0, 0.05) is 11.8 Å². The zero-order chi connectivity index (χ0) is 10.7. The molecule has 0 bridgehead atoms. The molecule has 0 saturated carbocycles. The minimum absolute atomic E-state index is 0.530. The fourth-order valence-corrected chi connectivity index (χ4v) is 2.11. The Labute approximate surface area is 92.6 Å². The zero-order valence-corrected chi connectivity index (χ0v) is 9.25. The third-order valence-corrected chi connectivity index (χ3v) is 3.03. The molecule has 1 aromatic carbocycles. The van der Waals surface area contributed by atoms with E-state index in [1.165, 1.54) is 22.5 Å². The van der Waals surface area contributed by atoms with E-state index in [2.05, 4.69) is 36.2 Å². The number of aromatic nitrogens is 1. The van der Waals surface area contributed by atoms with E-state index in [-0.39, 0.29) is 0 Å². The maximum Gasteiger partial charge on any atom is 0.169 e. The van der Waals surface area contributed by atoms with E-state index in [0.29, 0.717) is 5.69 Å². The highest BCUT2D eigenvalue weighted by atomic mass is 32.1. The quantitative estimate of drug-likeness (QED) is 0.740. The van der Waals surface area contributed by atoms with E-state index in [1.54, 1.807) is 5.38 Å². The van der Waals surface area contributed by atoms with E-state index in [0.717, 1.165) is 17.7 Å². The maximum absolute atomic E-state index is 10.5. The number of aldehydes is 1. The second-order valence-corrected chi connectivity index (χ2v) is 4.39. The van der Waals surface area contributed by atoms with E-state index in [4.69, 9.17) is 0 Å². The Morgan fingerprint density at radius 3 is 2.67 bits per heavy atom. The van der Waals surface area contributed by atoms with Gasteiger partial charge < -0.3 is 0 Å². The predicted octanol–water partition coefficient (Wildman–Crippen LogP) is 2.85. The molecule has 2 aromatic rings.